The van der Waals surface area contributed by atoms with Crippen molar-refractivity contribution in [3.05, 3.63) is 50.8 Å². The Labute approximate surface area is 171 Å². The standard InChI is InChI=1S/C18H20N6O6/c1-2-30-18(25)12-5-4-8-22(10-12)17-15(24(28)29)16(19-11-20-17)21-13-6-3-7-14(9-13)23(26)27/h3,6-7,9,11-12H,2,4-5,8,10H2,1H3,(H,19,20,21). The number of carbonyl (C=O) groups excluding carboxylic acids is 1. The fourth-order valence-electron chi connectivity index (χ4n) is 3.32. The number of hydrogen-bond acceptors (Lipinski definition) is 10. The number of rotatable bonds is 7. The highest BCUT2D eigenvalue weighted by atomic mass is 16.6. The molecular formula is C18H20N6O6. The minimum absolute atomic E-state index is 0.0805. The van der Waals surface area contributed by atoms with Crippen molar-refractivity contribution < 1.29 is 19.4 Å². The Morgan fingerprint density at radius 2 is 2.10 bits per heavy atom. The number of nitro groups is 2. The van der Waals surface area contributed by atoms with Crippen LogP contribution in [-0.4, -0.2) is 45.5 Å². The zero-order chi connectivity index (χ0) is 21.7. The molecule has 3 rings (SSSR count). The van der Waals surface area contributed by atoms with Gasteiger partial charge in [-0.2, -0.15) is 0 Å². The molecule has 2 aromatic rings. The van der Waals surface area contributed by atoms with Crippen molar-refractivity contribution in [3.8, 4) is 0 Å². The summed E-state index contributed by atoms with van der Waals surface area (Å²) in [7, 11) is 0. The molecule has 1 aromatic carbocycles. The Balaban J connectivity index is 1.91. The molecule has 0 bridgehead atoms. The summed E-state index contributed by atoms with van der Waals surface area (Å²) >= 11 is 0. The number of carbonyl (C=O) groups is 1. The van der Waals surface area contributed by atoms with Gasteiger partial charge in [0, 0.05) is 30.9 Å². The predicted molar refractivity (Wildman–Crippen MR) is 107 cm³/mol. The molecule has 1 atom stereocenters. The maximum atomic E-state index is 12.1. The Morgan fingerprint density at radius 1 is 1.30 bits per heavy atom. The largest absolute Gasteiger partial charge is 0.466 e. The van der Waals surface area contributed by atoms with Crippen LogP contribution in [0.15, 0.2) is 30.6 Å². The van der Waals surface area contributed by atoms with Gasteiger partial charge in [-0.3, -0.25) is 25.0 Å². The first-order chi connectivity index (χ1) is 14.4. The summed E-state index contributed by atoms with van der Waals surface area (Å²) in [5.74, 6) is -0.754. The molecule has 0 radical (unpaired) electrons. The van der Waals surface area contributed by atoms with Gasteiger partial charge in [0.2, 0.25) is 11.6 Å². The molecular weight excluding hydrogens is 396 g/mol. The van der Waals surface area contributed by atoms with Gasteiger partial charge >= 0.3 is 11.7 Å². The quantitative estimate of drug-likeness (QED) is 0.405. The highest BCUT2D eigenvalue weighted by molar-refractivity contribution is 5.77. The van der Waals surface area contributed by atoms with Gasteiger partial charge < -0.3 is 15.0 Å². The topological polar surface area (TPSA) is 154 Å². The van der Waals surface area contributed by atoms with Crippen LogP contribution in [0.4, 0.5) is 28.7 Å². The number of hydrogen-bond donors (Lipinski definition) is 1. The second-order valence-corrected chi connectivity index (χ2v) is 6.62. The lowest BCUT2D eigenvalue weighted by Crippen LogP contribution is -2.40. The molecule has 1 aliphatic heterocycles. The number of esters is 1. The number of nitrogens with zero attached hydrogens (tertiary/aromatic N) is 5. The van der Waals surface area contributed by atoms with Crippen LogP contribution in [0.3, 0.4) is 0 Å². The Kier molecular flexibility index (Phi) is 6.35. The molecule has 0 spiro atoms. The summed E-state index contributed by atoms with van der Waals surface area (Å²) in [5.41, 5.74) is -0.251. The smallest absolute Gasteiger partial charge is 0.353 e. The third-order valence-electron chi connectivity index (χ3n) is 4.65. The fourth-order valence-corrected chi connectivity index (χ4v) is 3.32. The molecule has 30 heavy (non-hydrogen) atoms. The van der Waals surface area contributed by atoms with E-state index in [0.717, 1.165) is 0 Å². The number of ether oxygens (including phenoxy) is 1. The van der Waals surface area contributed by atoms with Crippen molar-refractivity contribution in [2.24, 2.45) is 5.92 Å². The lowest BCUT2D eigenvalue weighted by molar-refractivity contribution is -0.384. The zero-order valence-electron chi connectivity index (χ0n) is 16.2. The van der Waals surface area contributed by atoms with Crippen molar-refractivity contribution in [2.75, 3.05) is 29.9 Å². The predicted octanol–water partition coefficient (Wildman–Crippen LogP) is 2.82. The summed E-state index contributed by atoms with van der Waals surface area (Å²) in [6.45, 7) is 2.72. The van der Waals surface area contributed by atoms with Gasteiger partial charge in [0.1, 0.15) is 6.33 Å². The molecule has 1 aromatic heterocycles. The third kappa shape index (κ3) is 4.59. The third-order valence-corrected chi connectivity index (χ3v) is 4.65. The average Bonchev–Trinajstić information content (AvgIpc) is 2.74. The van der Waals surface area contributed by atoms with Crippen molar-refractivity contribution in [1.29, 1.82) is 0 Å². The van der Waals surface area contributed by atoms with Crippen LogP contribution in [0.25, 0.3) is 0 Å². The van der Waals surface area contributed by atoms with E-state index in [1.54, 1.807) is 11.8 Å². The van der Waals surface area contributed by atoms with E-state index in [4.69, 9.17) is 4.74 Å². The molecule has 1 aliphatic rings. The van der Waals surface area contributed by atoms with Crippen molar-refractivity contribution in [3.63, 3.8) is 0 Å². The number of anilines is 3. The van der Waals surface area contributed by atoms with E-state index in [2.05, 4.69) is 15.3 Å². The normalized spacial score (nSPS) is 16.0. The fraction of sp³-hybridized carbons (Fsp3) is 0.389. The summed E-state index contributed by atoms with van der Waals surface area (Å²) in [4.78, 5) is 43.4. The van der Waals surface area contributed by atoms with Gasteiger partial charge in [-0.1, -0.05) is 6.07 Å². The van der Waals surface area contributed by atoms with E-state index in [0.29, 0.717) is 19.4 Å². The maximum Gasteiger partial charge on any atom is 0.353 e. The van der Waals surface area contributed by atoms with Gasteiger partial charge in [-0.25, -0.2) is 9.97 Å². The minimum atomic E-state index is -0.608. The molecule has 0 aliphatic carbocycles. The van der Waals surface area contributed by atoms with Gasteiger partial charge in [0.15, 0.2) is 0 Å². The van der Waals surface area contributed by atoms with Gasteiger partial charge in [0.05, 0.1) is 22.4 Å². The van der Waals surface area contributed by atoms with Crippen LogP contribution in [-0.2, 0) is 9.53 Å². The van der Waals surface area contributed by atoms with Gasteiger partial charge in [-0.15, -0.1) is 0 Å². The summed E-state index contributed by atoms with van der Waals surface area (Å²) in [6, 6.07) is 5.57. The van der Waals surface area contributed by atoms with Crippen LogP contribution in [0.5, 0.6) is 0 Å². The monoisotopic (exact) mass is 416 g/mol. The maximum absolute atomic E-state index is 12.1. The summed E-state index contributed by atoms with van der Waals surface area (Å²) in [6.07, 6.45) is 2.46. The number of nitrogens with one attached hydrogen (secondary N) is 1. The van der Waals surface area contributed by atoms with E-state index in [1.165, 1.54) is 30.6 Å². The minimum Gasteiger partial charge on any atom is -0.466 e. The van der Waals surface area contributed by atoms with Crippen LogP contribution in [0.2, 0.25) is 0 Å². The number of piperidine rings is 1. The molecule has 12 heteroatoms. The molecule has 2 heterocycles. The second kappa shape index (κ2) is 9.11. The number of nitro benzene ring substituents is 1. The van der Waals surface area contributed by atoms with Crippen LogP contribution in [0.1, 0.15) is 19.8 Å². The molecule has 158 valence electrons. The van der Waals surface area contributed by atoms with Gasteiger partial charge in [-0.05, 0) is 25.8 Å². The first-order valence-corrected chi connectivity index (χ1v) is 9.33. The Morgan fingerprint density at radius 3 is 2.80 bits per heavy atom. The number of non-ortho nitro benzene ring substituents is 1. The summed E-state index contributed by atoms with van der Waals surface area (Å²) < 4.78 is 5.08. The number of benzene rings is 1. The summed E-state index contributed by atoms with van der Waals surface area (Å²) in [5, 5.41) is 25.6. The van der Waals surface area contributed by atoms with Crippen molar-refractivity contribution in [1.82, 2.24) is 9.97 Å². The SMILES string of the molecule is CCOC(=O)C1CCCN(c2ncnc(Nc3cccc([N+](=O)[O-])c3)c2[N+](=O)[O-])C1. The second-order valence-electron chi connectivity index (χ2n) is 6.62. The molecule has 1 unspecified atom stereocenters. The highest BCUT2D eigenvalue weighted by Crippen LogP contribution is 2.36. The van der Waals surface area contributed by atoms with Crippen LogP contribution in [0, 0.1) is 26.1 Å². The lowest BCUT2D eigenvalue weighted by atomic mass is 9.98. The van der Waals surface area contributed by atoms with E-state index in [9.17, 15) is 25.0 Å². The van der Waals surface area contributed by atoms with Crippen molar-refractivity contribution in [2.45, 2.75) is 19.8 Å². The van der Waals surface area contributed by atoms with Crippen LogP contribution < -0.4 is 10.2 Å². The molecule has 1 fully saturated rings. The highest BCUT2D eigenvalue weighted by Gasteiger charge is 2.33. The Hall–Kier alpha value is -3.83. The average molecular weight is 416 g/mol. The molecule has 1 N–H and O–H groups in total. The van der Waals surface area contributed by atoms with E-state index in [1.807, 2.05) is 0 Å². The van der Waals surface area contributed by atoms with Crippen molar-refractivity contribution >= 4 is 34.7 Å². The molecule has 0 amide bonds. The molecule has 1 saturated heterocycles. The molecule has 0 saturated carbocycles. The van der Waals surface area contributed by atoms with E-state index < -0.39 is 15.8 Å². The Bertz CT molecular complexity index is 968. The first-order valence-electron chi connectivity index (χ1n) is 9.33. The number of aromatic nitrogens is 2. The van der Waals surface area contributed by atoms with E-state index in [-0.39, 0.29) is 47.8 Å². The lowest BCUT2D eigenvalue weighted by Gasteiger charge is -2.32. The zero-order valence-corrected chi connectivity index (χ0v) is 16.2. The van der Waals surface area contributed by atoms with Gasteiger partial charge in [0.25, 0.3) is 5.69 Å². The van der Waals surface area contributed by atoms with E-state index >= 15 is 0 Å². The van der Waals surface area contributed by atoms with Crippen LogP contribution >= 0.6 is 0 Å². The first kappa shape index (κ1) is 20.9. The molecule has 12 nitrogen and oxygen atoms in total.